The van der Waals surface area contributed by atoms with E-state index in [2.05, 4.69) is 10.3 Å². The number of nitrogens with zero attached hydrogens (tertiary/aromatic N) is 1. The number of aromatic nitrogens is 1. The van der Waals surface area contributed by atoms with Crippen molar-refractivity contribution in [2.45, 2.75) is 6.42 Å². The lowest BCUT2D eigenvalue weighted by Crippen LogP contribution is -2.40. The highest BCUT2D eigenvalue weighted by molar-refractivity contribution is 8.26. The van der Waals surface area contributed by atoms with E-state index in [0.29, 0.717) is 33.0 Å². The molecule has 0 unspecified atom stereocenters. The number of hydrogen-bond acceptors (Lipinski definition) is 5. The number of fused-ring (bicyclic) bond motifs is 1. The number of nitrogens with one attached hydrogen (secondary N) is 2. The first kappa shape index (κ1) is 19.8. The maximum absolute atomic E-state index is 12.5. The molecule has 3 aromatic rings. The molecule has 0 saturated carbocycles. The van der Waals surface area contributed by atoms with Crippen LogP contribution in [-0.2, 0) is 16.0 Å². The molecule has 0 spiro atoms. The van der Waals surface area contributed by atoms with Crippen molar-refractivity contribution in [1.29, 1.82) is 0 Å². The summed E-state index contributed by atoms with van der Waals surface area (Å²) in [6.07, 6.45) is 5.71. The largest absolute Gasteiger partial charge is 0.465 e. The fourth-order valence-electron chi connectivity index (χ4n) is 3.03. The monoisotopic (exact) mass is 445 g/mol. The summed E-state index contributed by atoms with van der Waals surface area (Å²) >= 11 is 12.5. The van der Waals surface area contributed by atoms with Crippen molar-refractivity contribution in [3.63, 3.8) is 0 Å². The van der Waals surface area contributed by atoms with Gasteiger partial charge >= 0.3 is 0 Å². The fourth-order valence-corrected chi connectivity index (χ4v) is 4.44. The Hall–Kier alpha value is -2.55. The van der Waals surface area contributed by atoms with E-state index in [0.717, 1.165) is 28.2 Å². The van der Waals surface area contributed by atoms with Gasteiger partial charge in [0.2, 0.25) is 5.91 Å². The van der Waals surface area contributed by atoms with Crippen molar-refractivity contribution in [2.24, 2.45) is 0 Å². The van der Waals surface area contributed by atoms with E-state index in [9.17, 15) is 9.59 Å². The van der Waals surface area contributed by atoms with Gasteiger partial charge in [-0.05, 0) is 42.3 Å². The summed E-state index contributed by atoms with van der Waals surface area (Å²) in [5.74, 6) is 0.00465. The molecule has 3 heterocycles. The van der Waals surface area contributed by atoms with Crippen molar-refractivity contribution in [2.75, 3.05) is 13.1 Å². The number of thioether (sulfide) groups is 1. The molecule has 29 heavy (non-hydrogen) atoms. The number of thiocarbonyl (C=S) groups is 1. The Kier molecular flexibility index (Phi) is 5.75. The first-order valence-electron chi connectivity index (χ1n) is 8.82. The number of rotatable bonds is 6. The number of aromatic amines is 1. The zero-order chi connectivity index (χ0) is 20.4. The summed E-state index contributed by atoms with van der Waals surface area (Å²) in [7, 11) is 0. The number of carbonyl (C=O) groups is 2. The second kappa shape index (κ2) is 8.44. The molecule has 2 aromatic heterocycles. The molecule has 148 valence electrons. The maximum Gasteiger partial charge on any atom is 0.266 e. The third-order valence-electron chi connectivity index (χ3n) is 4.44. The Balaban J connectivity index is 1.33. The topological polar surface area (TPSA) is 78.3 Å². The van der Waals surface area contributed by atoms with Gasteiger partial charge in [-0.3, -0.25) is 14.5 Å². The number of H-pyrrole nitrogens is 1. The summed E-state index contributed by atoms with van der Waals surface area (Å²) in [6.45, 7) is 0.329. The van der Waals surface area contributed by atoms with Crippen LogP contribution in [-0.4, -0.2) is 39.1 Å². The van der Waals surface area contributed by atoms with Crippen LogP contribution in [0.15, 0.2) is 52.1 Å². The third-order valence-corrected chi connectivity index (χ3v) is 6.05. The van der Waals surface area contributed by atoms with Crippen molar-refractivity contribution in [1.82, 2.24) is 15.2 Å². The van der Waals surface area contributed by atoms with E-state index >= 15 is 0 Å². The maximum atomic E-state index is 12.5. The Morgan fingerprint density at radius 3 is 3.03 bits per heavy atom. The molecule has 9 heteroatoms. The van der Waals surface area contributed by atoms with E-state index in [-0.39, 0.29) is 18.4 Å². The highest BCUT2D eigenvalue weighted by Gasteiger charge is 2.33. The first-order valence-corrected chi connectivity index (χ1v) is 10.4. The second-order valence-corrected chi connectivity index (χ2v) is 8.50. The minimum Gasteiger partial charge on any atom is -0.465 e. The Labute approximate surface area is 181 Å². The molecule has 6 nitrogen and oxygen atoms in total. The minimum atomic E-state index is -0.294. The van der Waals surface area contributed by atoms with Crippen LogP contribution >= 0.6 is 35.6 Å². The highest BCUT2D eigenvalue weighted by atomic mass is 35.5. The Morgan fingerprint density at radius 1 is 1.38 bits per heavy atom. The minimum absolute atomic E-state index is 0.111. The number of carbonyl (C=O) groups excluding carboxylic acids is 2. The number of furan rings is 1. The smallest absolute Gasteiger partial charge is 0.266 e. The van der Waals surface area contributed by atoms with Crippen LogP contribution in [0.3, 0.4) is 0 Å². The number of amides is 2. The first-order chi connectivity index (χ1) is 14.0. The van der Waals surface area contributed by atoms with Crippen LogP contribution in [0.25, 0.3) is 17.0 Å². The van der Waals surface area contributed by atoms with Crippen LogP contribution in [0.5, 0.6) is 0 Å². The quantitative estimate of drug-likeness (QED) is 0.443. The Bertz CT molecular complexity index is 1120. The summed E-state index contributed by atoms with van der Waals surface area (Å²) in [5, 5.41) is 4.54. The third kappa shape index (κ3) is 4.39. The van der Waals surface area contributed by atoms with Gasteiger partial charge in [-0.1, -0.05) is 35.6 Å². The van der Waals surface area contributed by atoms with Crippen LogP contribution in [0.2, 0.25) is 5.02 Å². The van der Waals surface area contributed by atoms with Gasteiger partial charge in [0.05, 0.1) is 11.2 Å². The lowest BCUT2D eigenvalue weighted by atomic mass is 10.1. The van der Waals surface area contributed by atoms with E-state index < -0.39 is 0 Å². The van der Waals surface area contributed by atoms with Crippen molar-refractivity contribution in [3.8, 4) is 0 Å². The molecule has 0 bridgehead atoms. The van der Waals surface area contributed by atoms with Gasteiger partial charge in [0.1, 0.15) is 16.6 Å². The molecule has 1 saturated heterocycles. The summed E-state index contributed by atoms with van der Waals surface area (Å²) in [6, 6.07) is 9.13. The molecule has 1 fully saturated rings. The van der Waals surface area contributed by atoms with Gasteiger partial charge in [0, 0.05) is 34.7 Å². The molecule has 2 N–H and O–H groups in total. The molecule has 0 aliphatic carbocycles. The molecule has 4 rings (SSSR count). The van der Waals surface area contributed by atoms with E-state index in [1.165, 1.54) is 11.2 Å². The number of hydrogen-bond donors (Lipinski definition) is 2. The SMILES string of the molecule is O=C(CN1C(=O)/C(=C\c2ccco2)SC1=S)NCCc1c[nH]c2ccc(Cl)cc12. The van der Waals surface area contributed by atoms with E-state index in [1.54, 1.807) is 18.2 Å². The van der Waals surface area contributed by atoms with Gasteiger partial charge in [0.25, 0.3) is 5.91 Å². The lowest BCUT2D eigenvalue weighted by molar-refractivity contribution is -0.128. The summed E-state index contributed by atoms with van der Waals surface area (Å²) in [5.41, 5.74) is 2.06. The fraction of sp³-hybridized carbons (Fsp3) is 0.150. The number of halogens is 1. The predicted octanol–water partition coefficient (Wildman–Crippen LogP) is 3.97. The van der Waals surface area contributed by atoms with E-state index in [4.69, 9.17) is 28.2 Å². The average Bonchev–Trinajstić information content (AvgIpc) is 3.40. The molecular weight excluding hydrogens is 430 g/mol. The van der Waals surface area contributed by atoms with Gasteiger partial charge in [0.15, 0.2) is 0 Å². The lowest BCUT2D eigenvalue weighted by Gasteiger charge is -2.14. The van der Waals surface area contributed by atoms with Gasteiger partial charge < -0.3 is 14.7 Å². The Morgan fingerprint density at radius 2 is 2.24 bits per heavy atom. The predicted molar refractivity (Wildman–Crippen MR) is 119 cm³/mol. The number of benzene rings is 1. The average molecular weight is 446 g/mol. The molecular formula is C20H16ClN3O3S2. The van der Waals surface area contributed by atoms with Crippen molar-refractivity contribution in [3.05, 3.63) is 64.0 Å². The molecule has 2 amide bonds. The standard InChI is InChI=1S/C20H16ClN3O3S2/c21-13-3-4-16-15(8-13)12(10-23-16)5-6-22-18(25)11-24-19(26)17(29-20(24)28)9-14-2-1-7-27-14/h1-4,7-10,23H,5-6,11H2,(H,22,25)/b17-9+. The molecule has 0 atom stereocenters. The van der Waals surface area contributed by atoms with E-state index in [1.807, 2.05) is 24.4 Å². The zero-order valence-corrected chi connectivity index (χ0v) is 17.5. The van der Waals surface area contributed by atoms with Crippen molar-refractivity contribution >= 4 is 68.7 Å². The van der Waals surface area contributed by atoms with Crippen LogP contribution in [0.4, 0.5) is 0 Å². The summed E-state index contributed by atoms with van der Waals surface area (Å²) in [4.78, 5) is 29.8. The second-order valence-electron chi connectivity index (χ2n) is 6.39. The molecule has 1 aromatic carbocycles. The molecule has 1 aliphatic heterocycles. The zero-order valence-electron chi connectivity index (χ0n) is 15.1. The molecule has 1 aliphatic rings. The van der Waals surface area contributed by atoms with Crippen LogP contribution in [0.1, 0.15) is 11.3 Å². The van der Waals surface area contributed by atoms with Crippen LogP contribution in [0, 0.1) is 0 Å². The normalized spacial score (nSPS) is 15.6. The van der Waals surface area contributed by atoms with Gasteiger partial charge in [-0.2, -0.15) is 0 Å². The van der Waals surface area contributed by atoms with Crippen molar-refractivity contribution < 1.29 is 14.0 Å². The highest BCUT2D eigenvalue weighted by Crippen LogP contribution is 2.32. The summed E-state index contributed by atoms with van der Waals surface area (Å²) < 4.78 is 5.58. The molecule has 0 radical (unpaired) electrons. The van der Waals surface area contributed by atoms with Gasteiger partial charge in [-0.15, -0.1) is 0 Å². The van der Waals surface area contributed by atoms with Crippen LogP contribution < -0.4 is 5.32 Å². The van der Waals surface area contributed by atoms with Gasteiger partial charge in [-0.25, -0.2) is 0 Å².